The molecule has 4 aromatic rings. The quantitative estimate of drug-likeness (QED) is 0.371. The van der Waals surface area contributed by atoms with Crippen LogP contribution in [0.5, 0.6) is 0 Å². The highest BCUT2D eigenvalue weighted by atomic mass is 35.5. The van der Waals surface area contributed by atoms with E-state index in [1.807, 2.05) is 47.2 Å². The van der Waals surface area contributed by atoms with Crippen LogP contribution in [0.4, 0.5) is 10.8 Å². The van der Waals surface area contributed by atoms with Crippen molar-refractivity contribution in [2.24, 2.45) is 0 Å². The predicted molar refractivity (Wildman–Crippen MR) is 140 cm³/mol. The third kappa shape index (κ3) is 5.29. The van der Waals surface area contributed by atoms with Crippen LogP contribution < -0.4 is 14.9 Å². The molecule has 0 atom stereocenters. The van der Waals surface area contributed by atoms with E-state index in [1.54, 1.807) is 23.7 Å². The SMILES string of the molecule is O=C(Cn1ccc2cccc(Cl)c21)NC1CCN(c2ccc(S(=O)(=O)Nc3nccs3)cc2)CC1. The van der Waals surface area contributed by atoms with Crippen LogP contribution in [-0.2, 0) is 21.4 Å². The molecule has 8 nitrogen and oxygen atoms in total. The molecule has 1 aliphatic heterocycles. The molecular weight excluding hydrogens is 506 g/mol. The van der Waals surface area contributed by atoms with E-state index in [0.29, 0.717) is 10.2 Å². The van der Waals surface area contributed by atoms with Gasteiger partial charge in [-0.1, -0.05) is 23.7 Å². The van der Waals surface area contributed by atoms with Gasteiger partial charge in [0.1, 0.15) is 6.54 Å². The maximum Gasteiger partial charge on any atom is 0.263 e. The average molecular weight is 530 g/mol. The maximum absolute atomic E-state index is 12.7. The molecule has 2 aromatic heterocycles. The summed E-state index contributed by atoms with van der Waals surface area (Å²) in [7, 11) is -3.67. The molecule has 35 heavy (non-hydrogen) atoms. The third-order valence-electron chi connectivity index (χ3n) is 6.08. The Bertz CT molecular complexity index is 1430. The molecule has 5 rings (SSSR count). The predicted octanol–water partition coefficient (Wildman–Crippen LogP) is 4.34. The highest BCUT2D eigenvalue weighted by molar-refractivity contribution is 7.93. The molecule has 3 heterocycles. The van der Waals surface area contributed by atoms with Crippen molar-refractivity contribution in [1.82, 2.24) is 14.9 Å². The zero-order valence-corrected chi connectivity index (χ0v) is 21.1. The van der Waals surface area contributed by atoms with Gasteiger partial charge in [0.2, 0.25) is 5.91 Å². The molecule has 2 N–H and O–H groups in total. The molecule has 1 saturated heterocycles. The van der Waals surface area contributed by atoms with Crippen LogP contribution in [0.2, 0.25) is 5.02 Å². The highest BCUT2D eigenvalue weighted by Gasteiger charge is 2.22. The second-order valence-corrected chi connectivity index (χ2v) is 11.4. The van der Waals surface area contributed by atoms with Crippen molar-refractivity contribution >= 4 is 60.6 Å². The second kappa shape index (κ2) is 9.88. The fourth-order valence-electron chi connectivity index (χ4n) is 4.34. The Morgan fingerprint density at radius 2 is 1.89 bits per heavy atom. The van der Waals surface area contributed by atoms with Gasteiger partial charge in [0.15, 0.2) is 5.13 Å². The number of aromatic nitrogens is 2. The number of amides is 1. The number of sulfonamides is 1. The number of carbonyl (C=O) groups is 1. The number of halogens is 1. The molecule has 1 amide bonds. The van der Waals surface area contributed by atoms with Crippen LogP contribution in [0.3, 0.4) is 0 Å². The van der Waals surface area contributed by atoms with E-state index in [-0.39, 0.29) is 23.4 Å². The minimum Gasteiger partial charge on any atom is -0.371 e. The second-order valence-electron chi connectivity index (χ2n) is 8.39. The Labute approximate surface area is 212 Å². The van der Waals surface area contributed by atoms with E-state index < -0.39 is 10.0 Å². The fourth-order valence-corrected chi connectivity index (χ4v) is 6.42. The Kier molecular flexibility index (Phi) is 6.68. The Morgan fingerprint density at radius 1 is 1.11 bits per heavy atom. The van der Waals surface area contributed by atoms with Crippen LogP contribution >= 0.6 is 22.9 Å². The Hall–Kier alpha value is -3.08. The lowest BCUT2D eigenvalue weighted by atomic mass is 10.0. The molecule has 11 heteroatoms. The monoisotopic (exact) mass is 529 g/mol. The van der Waals surface area contributed by atoms with E-state index in [1.165, 1.54) is 11.3 Å². The summed E-state index contributed by atoms with van der Waals surface area (Å²) in [6.45, 7) is 1.76. The van der Waals surface area contributed by atoms with Crippen molar-refractivity contribution in [3.8, 4) is 0 Å². The smallest absolute Gasteiger partial charge is 0.263 e. The zero-order valence-electron chi connectivity index (χ0n) is 18.7. The molecule has 182 valence electrons. The van der Waals surface area contributed by atoms with Crippen LogP contribution in [0.15, 0.2) is 71.2 Å². The summed E-state index contributed by atoms with van der Waals surface area (Å²) in [6.07, 6.45) is 5.06. The van der Waals surface area contributed by atoms with Gasteiger partial charge in [0, 0.05) is 48.0 Å². The van der Waals surface area contributed by atoms with Crippen molar-refractivity contribution in [3.63, 3.8) is 0 Å². The van der Waals surface area contributed by atoms with E-state index in [4.69, 9.17) is 11.6 Å². The van der Waals surface area contributed by atoms with Crippen LogP contribution in [0.1, 0.15) is 12.8 Å². The van der Waals surface area contributed by atoms with Crippen molar-refractivity contribution in [3.05, 3.63) is 71.3 Å². The summed E-state index contributed by atoms with van der Waals surface area (Å²) in [5.41, 5.74) is 1.82. The Balaban J connectivity index is 1.15. The number of hydrogen-bond acceptors (Lipinski definition) is 6. The number of nitrogens with one attached hydrogen (secondary N) is 2. The first-order valence-corrected chi connectivity index (χ1v) is 13.9. The number of benzene rings is 2. The number of piperidine rings is 1. The first kappa shape index (κ1) is 23.7. The summed E-state index contributed by atoms with van der Waals surface area (Å²) in [4.78, 5) is 19.0. The number of para-hydroxylation sites is 1. The largest absolute Gasteiger partial charge is 0.371 e. The van der Waals surface area contributed by atoms with Gasteiger partial charge in [-0.15, -0.1) is 11.3 Å². The van der Waals surface area contributed by atoms with E-state index in [2.05, 4.69) is 19.9 Å². The molecule has 0 saturated carbocycles. The lowest BCUT2D eigenvalue weighted by Gasteiger charge is -2.34. The summed E-state index contributed by atoms with van der Waals surface area (Å²) >= 11 is 7.55. The average Bonchev–Trinajstić information content (AvgIpc) is 3.50. The number of thiazole rings is 1. The first-order valence-electron chi connectivity index (χ1n) is 11.2. The molecule has 0 unspecified atom stereocenters. The highest BCUT2D eigenvalue weighted by Crippen LogP contribution is 2.25. The summed E-state index contributed by atoms with van der Waals surface area (Å²) in [5, 5.41) is 6.84. The van der Waals surface area contributed by atoms with Crippen LogP contribution in [-0.4, -0.2) is 43.0 Å². The topological polar surface area (TPSA) is 96.3 Å². The standard InChI is InChI=1S/C24H24ClN5O3S2/c25-21-3-1-2-17-8-12-30(23(17)21)16-22(31)27-18-9-13-29(14-10-18)19-4-6-20(7-5-19)35(32,33)28-24-26-11-15-34-24/h1-8,11-12,15,18H,9-10,13-14,16H2,(H,26,28)(H,27,31). The summed E-state index contributed by atoms with van der Waals surface area (Å²) < 4.78 is 29.4. The van der Waals surface area contributed by atoms with Crippen LogP contribution in [0, 0.1) is 0 Å². The van der Waals surface area contributed by atoms with Crippen LogP contribution in [0.25, 0.3) is 10.9 Å². The van der Waals surface area contributed by atoms with E-state index in [9.17, 15) is 13.2 Å². The lowest BCUT2D eigenvalue weighted by molar-refractivity contribution is -0.122. The van der Waals surface area contributed by atoms with Gasteiger partial charge in [-0.25, -0.2) is 13.4 Å². The molecule has 1 aliphatic rings. The molecule has 0 aliphatic carbocycles. The first-order chi connectivity index (χ1) is 16.9. The number of anilines is 2. The van der Waals surface area contributed by atoms with Gasteiger partial charge in [-0.05, 0) is 49.2 Å². The number of carbonyl (C=O) groups excluding carboxylic acids is 1. The number of fused-ring (bicyclic) bond motifs is 1. The molecular formula is C24H24ClN5O3S2. The van der Waals surface area contributed by atoms with Gasteiger partial charge in [0.05, 0.1) is 15.4 Å². The molecule has 0 bridgehead atoms. The molecule has 0 radical (unpaired) electrons. The number of rotatable bonds is 7. The fraction of sp³-hybridized carbons (Fsp3) is 0.250. The van der Waals surface area contributed by atoms with Crippen molar-refractivity contribution in [1.29, 1.82) is 0 Å². The molecule has 2 aromatic carbocycles. The molecule has 0 spiro atoms. The summed E-state index contributed by atoms with van der Waals surface area (Å²) in [6, 6.07) is 14.6. The minimum absolute atomic E-state index is 0.0387. The number of hydrogen-bond donors (Lipinski definition) is 2. The third-order valence-corrected chi connectivity index (χ3v) is 8.56. The Morgan fingerprint density at radius 3 is 2.60 bits per heavy atom. The number of nitrogens with zero attached hydrogens (tertiary/aromatic N) is 3. The van der Waals surface area contributed by atoms with Crippen molar-refractivity contribution < 1.29 is 13.2 Å². The van der Waals surface area contributed by atoms with Gasteiger partial charge in [-0.3, -0.25) is 9.52 Å². The normalized spacial score (nSPS) is 14.8. The lowest BCUT2D eigenvalue weighted by Crippen LogP contribution is -2.45. The molecule has 1 fully saturated rings. The zero-order chi connectivity index (χ0) is 24.4. The summed E-state index contributed by atoms with van der Waals surface area (Å²) in [5.74, 6) is -0.0387. The van der Waals surface area contributed by atoms with Gasteiger partial charge in [-0.2, -0.15) is 0 Å². The van der Waals surface area contributed by atoms with Gasteiger partial charge in [0.25, 0.3) is 10.0 Å². The van der Waals surface area contributed by atoms with E-state index in [0.717, 1.165) is 42.5 Å². The van der Waals surface area contributed by atoms with Crippen molar-refractivity contribution in [2.75, 3.05) is 22.7 Å². The van der Waals surface area contributed by atoms with Crippen molar-refractivity contribution in [2.45, 2.75) is 30.3 Å². The van der Waals surface area contributed by atoms with E-state index >= 15 is 0 Å². The minimum atomic E-state index is -3.67. The van der Waals surface area contributed by atoms with Gasteiger partial charge >= 0.3 is 0 Å². The maximum atomic E-state index is 12.7. The van der Waals surface area contributed by atoms with Gasteiger partial charge < -0.3 is 14.8 Å².